The molecule has 0 rings (SSSR count). The molecule has 0 aromatic heterocycles. The molecular formula is C22H41NO4. The largest absolute Gasteiger partial charge is 0.481 e. The Morgan fingerprint density at radius 1 is 0.741 bits per heavy atom. The summed E-state index contributed by atoms with van der Waals surface area (Å²) in [7, 11) is 0. The molecular weight excluding hydrogens is 342 g/mol. The molecule has 0 fully saturated rings. The van der Waals surface area contributed by atoms with Gasteiger partial charge in [0, 0.05) is 12.5 Å². The number of aliphatic carboxylic acids is 1. The topological polar surface area (TPSA) is 83.5 Å². The molecule has 5 heteroatoms. The smallest absolute Gasteiger partial charge is 0.305 e. The maximum absolute atomic E-state index is 12.0. The van der Waals surface area contributed by atoms with Crippen molar-refractivity contribution < 1.29 is 19.5 Å². The molecule has 158 valence electrons. The summed E-state index contributed by atoms with van der Waals surface area (Å²) < 4.78 is 0. The van der Waals surface area contributed by atoms with Crippen molar-refractivity contribution in [1.82, 2.24) is 5.32 Å². The fraction of sp³-hybridized carbons (Fsp3) is 0.864. The molecule has 0 unspecified atom stereocenters. The van der Waals surface area contributed by atoms with Gasteiger partial charge < -0.3 is 10.4 Å². The standard InChI is InChI=1S/C22H41NO4/c1-3-5-7-8-9-10-11-12-13-14-15-17-20(24)22(27)23-19(16-6-4-2)18-21(25)26/h19H,3-18H2,1-2H3,(H,23,27)(H,25,26)/t19-/m0/s1. The number of Topliss-reactive ketones (excluding diaryl/α,β-unsaturated/α-hetero) is 1. The van der Waals surface area contributed by atoms with Gasteiger partial charge in [-0.25, -0.2) is 0 Å². The number of ketones is 1. The molecule has 0 spiro atoms. The normalized spacial score (nSPS) is 11.9. The van der Waals surface area contributed by atoms with Crippen molar-refractivity contribution in [2.24, 2.45) is 0 Å². The van der Waals surface area contributed by atoms with Crippen molar-refractivity contribution in [3.8, 4) is 0 Å². The zero-order chi connectivity index (χ0) is 20.3. The average Bonchev–Trinajstić information content (AvgIpc) is 2.63. The van der Waals surface area contributed by atoms with Crippen LogP contribution in [0.2, 0.25) is 0 Å². The fourth-order valence-electron chi connectivity index (χ4n) is 3.22. The van der Waals surface area contributed by atoms with E-state index in [1.165, 1.54) is 51.4 Å². The van der Waals surface area contributed by atoms with Crippen molar-refractivity contribution in [2.75, 3.05) is 0 Å². The summed E-state index contributed by atoms with van der Waals surface area (Å²) in [6, 6.07) is -0.448. The second-order valence-electron chi connectivity index (χ2n) is 7.62. The summed E-state index contributed by atoms with van der Waals surface area (Å²) >= 11 is 0. The lowest BCUT2D eigenvalue weighted by atomic mass is 10.0. The molecule has 0 saturated carbocycles. The van der Waals surface area contributed by atoms with Crippen LogP contribution >= 0.6 is 0 Å². The van der Waals surface area contributed by atoms with Crippen LogP contribution in [-0.2, 0) is 14.4 Å². The molecule has 5 nitrogen and oxygen atoms in total. The second kappa shape index (κ2) is 18.0. The third kappa shape index (κ3) is 16.5. The van der Waals surface area contributed by atoms with Crippen molar-refractivity contribution in [1.29, 1.82) is 0 Å². The summed E-state index contributed by atoms with van der Waals surface area (Å²) in [5.74, 6) is -1.99. The van der Waals surface area contributed by atoms with Crippen LogP contribution in [0.5, 0.6) is 0 Å². The van der Waals surface area contributed by atoms with Gasteiger partial charge in [0.25, 0.3) is 5.91 Å². The van der Waals surface area contributed by atoms with Gasteiger partial charge in [-0.3, -0.25) is 14.4 Å². The lowest BCUT2D eigenvalue weighted by molar-refractivity contribution is -0.140. The van der Waals surface area contributed by atoms with Gasteiger partial charge in [0.2, 0.25) is 5.78 Å². The molecule has 0 aromatic carbocycles. The number of unbranched alkanes of at least 4 members (excludes halogenated alkanes) is 11. The van der Waals surface area contributed by atoms with E-state index in [0.717, 1.165) is 32.1 Å². The number of carboxylic acids is 1. The van der Waals surface area contributed by atoms with Crippen molar-refractivity contribution >= 4 is 17.7 Å². The molecule has 0 radical (unpaired) electrons. The van der Waals surface area contributed by atoms with E-state index in [2.05, 4.69) is 12.2 Å². The van der Waals surface area contributed by atoms with Crippen LogP contribution < -0.4 is 5.32 Å². The summed E-state index contributed by atoms with van der Waals surface area (Å²) in [5.41, 5.74) is 0. The van der Waals surface area contributed by atoms with Gasteiger partial charge in [-0.2, -0.15) is 0 Å². The second-order valence-corrected chi connectivity index (χ2v) is 7.62. The Hall–Kier alpha value is -1.39. The first kappa shape index (κ1) is 25.6. The molecule has 2 N–H and O–H groups in total. The first-order valence-electron chi connectivity index (χ1n) is 11.1. The maximum Gasteiger partial charge on any atom is 0.305 e. The van der Waals surface area contributed by atoms with Gasteiger partial charge in [-0.1, -0.05) is 90.9 Å². The average molecular weight is 384 g/mol. The predicted molar refractivity (Wildman–Crippen MR) is 110 cm³/mol. The number of amides is 1. The lowest BCUT2D eigenvalue weighted by Gasteiger charge is -2.16. The number of rotatable bonds is 19. The van der Waals surface area contributed by atoms with E-state index in [4.69, 9.17) is 5.11 Å². The summed E-state index contributed by atoms with van der Waals surface area (Å²) in [6.07, 6.45) is 15.7. The Kier molecular flexibility index (Phi) is 17.1. The van der Waals surface area contributed by atoms with Crippen LogP contribution in [-0.4, -0.2) is 28.8 Å². The van der Waals surface area contributed by atoms with Gasteiger partial charge in [0.15, 0.2) is 0 Å². The Bertz CT molecular complexity index is 409. The Morgan fingerprint density at radius 3 is 1.70 bits per heavy atom. The third-order valence-corrected chi connectivity index (χ3v) is 4.92. The maximum atomic E-state index is 12.0. The van der Waals surface area contributed by atoms with Crippen LogP contribution in [0.1, 0.15) is 117 Å². The summed E-state index contributed by atoms with van der Waals surface area (Å²) in [4.78, 5) is 34.8. The first-order valence-corrected chi connectivity index (χ1v) is 11.1. The number of carbonyl (C=O) groups excluding carboxylic acids is 2. The predicted octanol–water partition coefficient (Wildman–Crippen LogP) is 5.41. The molecule has 0 aliphatic carbocycles. The minimum absolute atomic E-state index is 0.128. The number of carbonyl (C=O) groups is 3. The Balaban J connectivity index is 3.75. The molecule has 0 aliphatic heterocycles. The van der Waals surface area contributed by atoms with Crippen LogP contribution in [0, 0.1) is 0 Å². The van der Waals surface area contributed by atoms with Crippen LogP contribution in [0.4, 0.5) is 0 Å². The van der Waals surface area contributed by atoms with Crippen molar-refractivity contribution in [3.05, 3.63) is 0 Å². The van der Waals surface area contributed by atoms with Crippen LogP contribution in [0.15, 0.2) is 0 Å². The van der Waals surface area contributed by atoms with Crippen molar-refractivity contribution in [2.45, 2.75) is 123 Å². The monoisotopic (exact) mass is 383 g/mol. The van der Waals surface area contributed by atoms with Gasteiger partial charge in [-0.05, 0) is 12.8 Å². The van der Waals surface area contributed by atoms with Gasteiger partial charge in [-0.15, -0.1) is 0 Å². The third-order valence-electron chi connectivity index (χ3n) is 4.92. The number of hydrogen-bond acceptors (Lipinski definition) is 3. The number of nitrogens with one attached hydrogen (secondary N) is 1. The molecule has 0 aliphatic rings. The number of carboxylic acid groups (broad SMARTS) is 1. The molecule has 0 heterocycles. The minimum atomic E-state index is -0.950. The summed E-state index contributed by atoms with van der Waals surface area (Å²) in [6.45, 7) is 4.24. The highest BCUT2D eigenvalue weighted by atomic mass is 16.4. The fourth-order valence-corrected chi connectivity index (χ4v) is 3.22. The van der Waals surface area contributed by atoms with Crippen molar-refractivity contribution in [3.63, 3.8) is 0 Å². The zero-order valence-corrected chi connectivity index (χ0v) is 17.6. The van der Waals surface area contributed by atoms with E-state index in [0.29, 0.717) is 6.42 Å². The van der Waals surface area contributed by atoms with E-state index in [1.54, 1.807) is 0 Å². The molecule has 0 saturated heterocycles. The van der Waals surface area contributed by atoms with E-state index in [-0.39, 0.29) is 12.8 Å². The molecule has 27 heavy (non-hydrogen) atoms. The molecule has 1 atom stereocenters. The highest BCUT2D eigenvalue weighted by Crippen LogP contribution is 2.12. The molecule has 0 bridgehead atoms. The highest BCUT2D eigenvalue weighted by molar-refractivity contribution is 6.36. The minimum Gasteiger partial charge on any atom is -0.481 e. The van der Waals surface area contributed by atoms with E-state index in [9.17, 15) is 14.4 Å². The van der Waals surface area contributed by atoms with Crippen LogP contribution in [0.25, 0.3) is 0 Å². The van der Waals surface area contributed by atoms with Gasteiger partial charge in [0.1, 0.15) is 0 Å². The van der Waals surface area contributed by atoms with Gasteiger partial charge >= 0.3 is 5.97 Å². The summed E-state index contributed by atoms with van der Waals surface area (Å²) in [5, 5.41) is 11.5. The van der Waals surface area contributed by atoms with E-state index in [1.807, 2.05) is 6.92 Å². The zero-order valence-electron chi connectivity index (χ0n) is 17.6. The quantitative estimate of drug-likeness (QED) is 0.231. The lowest BCUT2D eigenvalue weighted by Crippen LogP contribution is -2.40. The Labute approximate surface area is 165 Å². The molecule has 1 amide bonds. The Morgan fingerprint density at radius 2 is 1.22 bits per heavy atom. The number of hydrogen-bond donors (Lipinski definition) is 2. The molecule has 0 aromatic rings. The van der Waals surface area contributed by atoms with E-state index >= 15 is 0 Å². The van der Waals surface area contributed by atoms with Crippen LogP contribution in [0.3, 0.4) is 0 Å². The van der Waals surface area contributed by atoms with E-state index < -0.39 is 23.7 Å². The highest BCUT2D eigenvalue weighted by Gasteiger charge is 2.19. The van der Waals surface area contributed by atoms with Gasteiger partial charge in [0.05, 0.1) is 6.42 Å². The first-order chi connectivity index (χ1) is 13.0. The SMILES string of the molecule is CCCCCCCCCCCCCC(=O)C(=O)N[C@@H](CCCC)CC(=O)O.